The number of likely N-dealkylation sites (tertiary alicyclic amines) is 1. The van der Waals surface area contributed by atoms with Crippen molar-refractivity contribution in [2.24, 2.45) is 0 Å². The highest BCUT2D eigenvalue weighted by molar-refractivity contribution is 5.64. The van der Waals surface area contributed by atoms with Gasteiger partial charge in [-0.15, -0.1) is 0 Å². The van der Waals surface area contributed by atoms with Crippen LogP contribution in [-0.4, -0.2) is 40.1 Å². The van der Waals surface area contributed by atoms with Gasteiger partial charge in [-0.05, 0) is 43.7 Å². The largest absolute Gasteiger partial charge is 0.497 e. The van der Waals surface area contributed by atoms with Crippen LogP contribution in [0.4, 0.5) is 0 Å². The molecule has 1 aromatic carbocycles. The fraction of sp³-hybridized carbons (Fsp3) is 0.318. The Bertz CT molecular complexity index is 884. The Morgan fingerprint density at radius 2 is 1.96 bits per heavy atom. The number of pyridine rings is 1. The lowest BCUT2D eigenvalue weighted by molar-refractivity contribution is 0.196. The summed E-state index contributed by atoms with van der Waals surface area (Å²) in [5, 5.41) is 0. The molecule has 1 saturated heterocycles. The Kier molecular flexibility index (Phi) is 5.39. The number of aromatic nitrogens is 3. The highest BCUT2D eigenvalue weighted by Crippen LogP contribution is 2.33. The van der Waals surface area contributed by atoms with Gasteiger partial charge in [-0.2, -0.15) is 0 Å². The molecule has 0 spiro atoms. The SMILES string of the molecule is COc1cccc(-c2nccnc2C2CCCN(Cc3ccccn3)C2)c1. The third-order valence-corrected chi connectivity index (χ3v) is 5.07. The number of nitrogens with zero attached hydrogens (tertiary/aromatic N) is 4. The van der Waals surface area contributed by atoms with Crippen molar-refractivity contribution in [2.45, 2.75) is 25.3 Å². The molecule has 5 heteroatoms. The lowest BCUT2D eigenvalue weighted by Gasteiger charge is -2.32. The number of rotatable bonds is 5. The topological polar surface area (TPSA) is 51.1 Å². The number of hydrogen-bond acceptors (Lipinski definition) is 5. The van der Waals surface area contributed by atoms with Crippen LogP contribution in [0, 0.1) is 0 Å². The molecule has 0 amide bonds. The van der Waals surface area contributed by atoms with Crippen molar-refractivity contribution in [2.75, 3.05) is 20.2 Å². The molecule has 0 radical (unpaired) electrons. The van der Waals surface area contributed by atoms with Gasteiger partial charge in [0.15, 0.2) is 0 Å². The molecular weight excluding hydrogens is 336 g/mol. The summed E-state index contributed by atoms with van der Waals surface area (Å²) in [5.74, 6) is 1.21. The smallest absolute Gasteiger partial charge is 0.119 e. The van der Waals surface area contributed by atoms with E-state index >= 15 is 0 Å². The minimum absolute atomic E-state index is 0.373. The highest BCUT2D eigenvalue weighted by atomic mass is 16.5. The summed E-state index contributed by atoms with van der Waals surface area (Å²) in [6.07, 6.45) is 7.73. The molecule has 0 N–H and O–H groups in total. The van der Waals surface area contributed by atoms with Crippen LogP contribution in [0.15, 0.2) is 61.1 Å². The Balaban J connectivity index is 1.57. The molecule has 1 fully saturated rings. The fourth-order valence-electron chi connectivity index (χ4n) is 3.78. The molecule has 3 aromatic rings. The average Bonchev–Trinajstić information content (AvgIpc) is 2.75. The lowest BCUT2D eigenvalue weighted by Crippen LogP contribution is -2.34. The summed E-state index contributed by atoms with van der Waals surface area (Å²) in [7, 11) is 1.69. The third kappa shape index (κ3) is 4.14. The lowest BCUT2D eigenvalue weighted by atomic mass is 9.91. The second-order valence-electron chi connectivity index (χ2n) is 6.92. The first kappa shape index (κ1) is 17.6. The fourth-order valence-corrected chi connectivity index (χ4v) is 3.78. The summed E-state index contributed by atoms with van der Waals surface area (Å²) in [6, 6.07) is 14.2. The number of piperidine rings is 1. The van der Waals surface area contributed by atoms with Gasteiger partial charge in [-0.3, -0.25) is 19.9 Å². The van der Waals surface area contributed by atoms with Gasteiger partial charge in [0.2, 0.25) is 0 Å². The third-order valence-electron chi connectivity index (χ3n) is 5.07. The van der Waals surface area contributed by atoms with E-state index in [1.165, 1.54) is 0 Å². The van der Waals surface area contributed by atoms with Crippen LogP contribution in [0.5, 0.6) is 5.75 Å². The molecule has 138 valence electrons. The Labute approximate surface area is 160 Å². The summed E-state index contributed by atoms with van der Waals surface area (Å²) >= 11 is 0. The minimum Gasteiger partial charge on any atom is -0.497 e. The van der Waals surface area contributed by atoms with Crippen LogP contribution in [0.1, 0.15) is 30.1 Å². The van der Waals surface area contributed by atoms with E-state index in [1.807, 2.05) is 36.5 Å². The molecule has 1 aliphatic rings. The van der Waals surface area contributed by atoms with E-state index in [0.29, 0.717) is 5.92 Å². The number of methoxy groups -OCH3 is 1. The second kappa shape index (κ2) is 8.27. The van der Waals surface area contributed by atoms with E-state index in [4.69, 9.17) is 9.72 Å². The maximum Gasteiger partial charge on any atom is 0.119 e. The first-order valence-electron chi connectivity index (χ1n) is 9.41. The van der Waals surface area contributed by atoms with Gasteiger partial charge < -0.3 is 4.74 Å². The van der Waals surface area contributed by atoms with Gasteiger partial charge in [0, 0.05) is 43.2 Å². The number of ether oxygens (including phenoxy) is 1. The zero-order valence-corrected chi connectivity index (χ0v) is 15.6. The molecule has 0 bridgehead atoms. The Hall–Kier alpha value is -2.79. The van der Waals surface area contributed by atoms with Crippen molar-refractivity contribution >= 4 is 0 Å². The summed E-state index contributed by atoms with van der Waals surface area (Å²) in [5.41, 5.74) is 4.21. The highest BCUT2D eigenvalue weighted by Gasteiger charge is 2.25. The molecular formula is C22H24N4O. The Morgan fingerprint density at radius 3 is 2.81 bits per heavy atom. The molecule has 1 unspecified atom stereocenters. The molecule has 27 heavy (non-hydrogen) atoms. The van der Waals surface area contributed by atoms with Crippen molar-refractivity contribution in [3.8, 4) is 17.0 Å². The first-order chi connectivity index (χ1) is 13.3. The van der Waals surface area contributed by atoms with Crippen molar-refractivity contribution in [3.05, 3.63) is 72.4 Å². The van der Waals surface area contributed by atoms with E-state index < -0.39 is 0 Å². The molecule has 5 nitrogen and oxygen atoms in total. The Morgan fingerprint density at radius 1 is 1.04 bits per heavy atom. The normalized spacial score (nSPS) is 17.6. The van der Waals surface area contributed by atoms with Gasteiger partial charge in [0.1, 0.15) is 5.75 Å². The van der Waals surface area contributed by atoms with Crippen LogP contribution in [0.25, 0.3) is 11.3 Å². The van der Waals surface area contributed by atoms with Crippen LogP contribution in [0.3, 0.4) is 0 Å². The van der Waals surface area contributed by atoms with Crippen LogP contribution < -0.4 is 4.74 Å². The summed E-state index contributed by atoms with van der Waals surface area (Å²) < 4.78 is 5.38. The number of benzene rings is 1. The molecule has 4 rings (SSSR count). The number of hydrogen-bond donors (Lipinski definition) is 0. The van der Waals surface area contributed by atoms with Crippen LogP contribution in [0.2, 0.25) is 0 Å². The van der Waals surface area contributed by atoms with E-state index in [-0.39, 0.29) is 0 Å². The zero-order valence-electron chi connectivity index (χ0n) is 15.6. The molecule has 3 heterocycles. The molecule has 1 atom stereocenters. The predicted octanol–water partition coefficient (Wildman–Crippen LogP) is 3.93. The second-order valence-corrected chi connectivity index (χ2v) is 6.92. The average molecular weight is 360 g/mol. The van der Waals surface area contributed by atoms with E-state index in [0.717, 1.165) is 60.9 Å². The molecule has 1 aliphatic heterocycles. The van der Waals surface area contributed by atoms with Crippen molar-refractivity contribution in [3.63, 3.8) is 0 Å². The zero-order chi connectivity index (χ0) is 18.5. The van der Waals surface area contributed by atoms with Crippen molar-refractivity contribution in [1.82, 2.24) is 19.9 Å². The van der Waals surface area contributed by atoms with Crippen molar-refractivity contribution < 1.29 is 4.74 Å². The molecule has 0 saturated carbocycles. The van der Waals surface area contributed by atoms with Gasteiger partial charge in [0.05, 0.1) is 24.2 Å². The predicted molar refractivity (Wildman–Crippen MR) is 106 cm³/mol. The monoisotopic (exact) mass is 360 g/mol. The summed E-state index contributed by atoms with van der Waals surface area (Å²) in [6.45, 7) is 2.96. The van der Waals surface area contributed by atoms with Gasteiger partial charge in [0.25, 0.3) is 0 Å². The summed E-state index contributed by atoms with van der Waals surface area (Å²) in [4.78, 5) is 16.3. The maximum atomic E-state index is 5.38. The first-order valence-corrected chi connectivity index (χ1v) is 9.41. The van der Waals surface area contributed by atoms with Crippen LogP contribution >= 0.6 is 0 Å². The van der Waals surface area contributed by atoms with Crippen molar-refractivity contribution in [1.29, 1.82) is 0 Å². The van der Waals surface area contributed by atoms with Gasteiger partial charge in [-0.25, -0.2) is 0 Å². The van der Waals surface area contributed by atoms with E-state index in [9.17, 15) is 0 Å². The van der Waals surface area contributed by atoms with Gasteiger partial charge >= 0.3 is 0 Å². The minimum atomic E-state index is 0.373. The standard InChI is InChI=1S/C22H24N4O/c1-27-20-9-4-6-17(14-20)21-22(25-12-11-24-21)18-7-5-13-26(15-18)16-19-8-2-3-10-23-19/h2-4,6,8-12,14,18H,5,7,13,15-16H2,1H3. The quantitative estimate of drug-likeness (QED) is 0.690. The van der Waals surface area contributed by atoms with E-state index in [1.54, 1.807) is 19.5 Å². The maximum absolute atomic E-state index is 5.38. The molecule has 2 aromatic heterocycles. The van der Waals surface area contributed by atoms with E-state index in [2.05, 4.69) is 27.0 Å². The van der Waals surface area contributed by atoms with Gasteiger partial charge in [-0.1, -0.05) is 18.2 Å². The molecule has 0 aliphatic carbocycles. The van der Waals surface area contributed by atoms with Crippen LogP contribution in [-0.2, 0) is 6.54 Å².